The molecule has 0 radical (unpaired) electrons. The van der Waals surface area contributed by atoms with Crippen LogP contribution in [0.5, 0.6) is 0 Å². The van der Waals surface area contributed by atoms with Crippen LogP contribution in [0.2, 0.25) is 0 Å². The number of amides is 1. The number of aliphatic hydroxyl groups excluding tert-OH is 1. The third-order valence-electron chi connectivity index (χ3n) is 3.11. The standard InChI is InChI=1S/C15H19N3O2/c1-12(6-9-19)11-16-15(20)13-4-2-5-14(10-13)18-8-3-7-17-18/h2-5,7-8,10,12,19H,6,9,11H2,1H3,(H,16,20). The Kier molecular flexibility index (Phi) is 4.90. The van der Waals surface area contributed by atoms with Gasteiger partial charge in [0, 0.05) is 31.1 Å². The first-order valence-electron chi connectivity index (χ1n) is 6.70. The number of aliphatic hydroxyl groups is 1. The van der Waals surface area contributed by atoms with E-state index in [0.29, 0.717) is 18.5 Å². The lowest BCUT2D eigenvalue weighted by Crippen LogP contribution is -2.28. The van der Waals surface area contributed by atoms with Crippen molar-refractivity contribution in [2.45, 2.75) is 13.3 Å². The number of hydrogen-bond acceptors (Lipinski definition) is 3. The zero-order valence-electron chi connectivity index (χ0n) is 11.5. The molecule has 0 bridgehead atoms. The maximum atomic E-state index is 12.1. The van der Waals surface area contributed by atoms with Crippen LogP contribution >= 0.6 is 0 Å². The second-order valence-electron chi connectivity index (χ2n) is 4.83. The van der Waals surface area contributed by atoms with Gasteiger partial charge in [0.1, 0.15) is 0 Å². The Morgan fingerprint density at radius 2 is 2.30 bits per heavy atom. The average Bonchev–Trinajstić information content (AvgIpc) is 2.99. The molecule has 1 atom stereocenters. The van der Waals surface area contributed by atoms with E-state index < -0.39 is 0 Å². The molecule has 2 rings (SSSR count). The molecule has 0 saturated heterocycles. The van der Waals surface area contributed by atoms with E-state index in [-0.39, 0.29) is 18.4 Å². The topological polar surface area (TPSA) is 67.2 Å². The van der Waals surface area contributed by atoms with Crippen LogP contribution in [0, 0.1) is 5.92 Å². The van der Waals surface area contributed by atoms with Gasteiger partial charge in [-0.3, -0.25) is 4.79 Å². The van der Waals surface area contributed by atoms with E-state index in [1.165, 1.54) is 0 Å². The molecule has 5 heteroatoms. The lowest BCUT2D eigenvalue weighted by molar-refractivity contribution is 0.0945. The van der Waals surface area contributed by atoms with Crippen molar-refractivity contribution in [2.24, 2.45) is 5.92 Å². The lowest BCUT2D eigenvalue weighted by atomic mass is 10.1. The van der Waals surface area contributed by atoms with E-state index in [1.54, 1.807) is 23.0 Å². The van der Waals surface area contributed by atoms with Crippen LogP contribution in [0.4, 0.5) is 0 Å². The Morgan fingerprint density at radius 1 is 1.45 bits per heavy atom. The quantitative estimate of drug-likeness (QED) is 0.840. The monoisotopic (exact) mass is 273 g/mol. The first-order chi connectivity index (χ1) is 9.70. The van der Waals surface area contributed by atoms with E-state index in [2.05, 4.69) is 10.4 Å². The van der Waals surface area contributed by atoms with E-state index in [9.17, 15) is 4.79 Å². The SMILES string of the molecule is CC(CCO)CNC(=O)c1cccc(-n2cccn2)c1. The number of aromatic nitrogens is 2. The van der Waals surface area contributed by atoms with E-state index in [0.717, 1.165) is 5.69 Å². The maximum Gasteiger partial charge on any atom is 0.251 e. The number of benzene rings is 1. The summed E-state index contributed by atoms with van der Waals surface area (Å²) in [6.45, 7) is 2.70. The van der Waals surface area contributed by atoms with Crippen molar-refractivity contribution < 1.29 is 9.90 Å². The van der Waals surface area contributed by atoms with Crippen molar-refractivity contribution in [1.82, 2.24) is 15.1 Å². The van der Waals surface area contributed by atoms with Crippen LogP contribution in [0.3, 0.4) is 0 Å². The van der Waals surface area contributed by atoms with E-state index in [4.69, 9.17) is 5.11 Å². The molecule has 2 aromatic rings. The molecule has 0 aliphatic rings. The minimum atomic E-state index is -0.108. The van der Waals surface area contributed by atoms with Gasteiger partial charge in [-0.2, -0.15) is 5.10 Å². The van der Waals surface area contributed by atoms with E-state index in [1.807, 2.05) is 31.3 Å². The molecule has 20 heavy (non-hydrogen) atoms. The van der Waals surface area contributed by atoms with Gasteiger partial charge in [0.15, 0.2) is 0 Å². The predicted octanol–water partition coefficient (Wildman–Crippen LogP) is 1.62. The van der Waals surface area contributed by atoms with Crippen molar-refractivity contribution in [3.05, 3.63) is 48.3 Å². The maximum absolute atomic E-state index is 12.1. The summed E-state index contributed by atoms with van der Waals surface area (Å²) in [7, 11) is 0. The van der Waals surface area contributed by atoms with Crippen LogP contribution < -0.4 is 5.32 Å². The number of hydrogen-bond donors (Lipinski definition) is 2. The van der Waals surface area contributed by atoms with Crippen molar-refractivity contribution in [3.63, 3.8) is 0 Å². The minimum absolute atomic E-state index is 0.108. The molecule has 1 heterocycles. The Morgan fingerprint density at radius 3 is 3.00 bits per heavy atom. The number of carbonyl (C=O) groups excluding carboxylic acids is 1. The number of nitrogens with zero attached hydrogens (tertiary/aromatic N) is 2. The summed E-state index contributed by atoms with van der Waals surface area (Å²) in [6, 6.07) is 9.16. The third-order valence-corrected chi connectivity index (χ3v) is 3.11. The summed E-state index contributed by atoms with van der Waals surface area (Å²) in [4.78, 5) is 12.1. The third kappa shape index (κ3) is 3.68. The van der Waals surface area contributed by atoms with Crippen LogP contribution in [-0.2, 0) is 0 Å². The Balaban J connectivity index is 2.02. The van der Waals surface area contributed by atoms with Crippen LogP contribution in [0.1, 0.15) is 23.7 Å². The summed E-state index contributed by atoms with van der Waals surface area (Å²) < 4.78 is 1.71. The van der Waals surface area contributed by atoms with Gasteiger partial charge in [0.25, 0.3) is 5.91 Å². The summed E-state index contributed by atoms with van der Waals surface area (Å²) >= 11 is 0. The van der Waals surface area contributed by atoms with Crippen molar-refractivity contribution in [1.29, 1.82) is 0 Å². The highest BCUT2D eigenvalue weighted by Gasteiger charge is 2.08. The van der Waals surface area contributed by atoms with Crippen LogP contribution in [0.25, 0.3) is 5.69 Å². The largest absolute Gasteiger partial charge is 0.396 e. The molecule has 0 fully saturated rings. The average molecular weight is 273 g/mol. The van der Waals surface area contributed by atoms with Gasteiger partial charge >= 0.3 is 0 Å². The van der Waals surface area contributed by atoms with Gasteiger partial charge in [0.2, 0.25) is 0 Å². The molecular weight excluding hydrogens is 254 g/mol. The molecule has 1 aromatic heterocycles. The van der Waals surface area contributed by atoms with Crippen molar-refractivity contribution >= 4 is 5.91 Å². The molecular formula is C15H19N3O2. The van der Waals surface area contributed by atoms with Crippen molar-refractivity contribution in [3.8, 4) is 5.69 Å². The number of rotatable bonds is 6. The second-order valence-corrected chi connectivity index (χ2v) is 4.83. The Bertz CT molecular complexity index is 552. The minimum Gasteiger partial charge on any atom is -0.396 e. The molecule has 106 valence electrons. The molecule has 0 aliphatic heterocycles. The molecule has 0 spiro atoms. The molecule has 1 amide bonds. The highest BCUT2D eigenvalue weighted by molar-refractivity contribution is 5.94. The summed E-state index contributed by atoms with van der Waals surface area (Å²) in [6.07, 6.45) is 4.22. The number of nitrogens with one attached hydrogen (secondary N) is 1. The van der Waals surface area contributed by atoms with Crippen molar-refractivity contribution in [2.75, 3.05) is 13.2 Å². The normalized spacial score (nSPS) is 12.1. The molecule has 1 unspecified atom stereocenters. The predicted molar refractivity (Wildman–Crippen MR) is 76.8 cm³/mol. The molecule has 2 N–H and O–H groups in total. The molecule has 0 saturated carbocycles. The van der Waals surface area contributed by atoms with Gasteiger partial charge in [-0.25, -0.2) is 4.68 Å². The van der Waals surface area contributed by atoms with Gasteiger partial charge in [-0.05, 0) is 36.6 Å². The van der Waals surface area contributed by atoms with Gasteiger partial charge in [-0.1, -0.05) is 13.0 Å². The first kappa shape index (κ1) is 14.3. The smallest absolute Gasteiger partial charge is 0.251 e. The van der Waals surface area contributed by atoms with Gasteiger partial charge in [0.05, 0.1) is 5.69 Å². The fourth-order valence-electron chi connectivity index (χ4n) is 1.90. The summed E-state index contributed by atoms with van der Waals surface area (Å²) in [5.74, 6) is 0.155. The molecule has 5 nitrogen and oxygen atoms in total. The molecule has 0 aliphatic carbocycles. The zero-order chi connectivity index (χ0) is 14.4. The van der Waals surface area contributed by atoms with Gasteiger partial charge < -0.3 is 10.4 Å². The molecule has 1 aromatic carbocycles. The van der Waals surface area contributed by atoms with Crippen LogP contribution in [-0.4, -0.2) is 33.9 Å². The van der Waals surface area contributed by atoms with Gasteiger partial charge in [-0.15, -0.1) is 0 Å². The van der Waals surface area contributed by atoms with E-state index >= 15 is 0 Å². The lowest BCUT2D eigenvalue weighted by Gasteiger charge is -2.11. The fourth-order valence-corrected chi connectivity index (χ4v) is 1.90. The zero-order valence-corrected chi connectivity index (χ0v) is 11.5. The number of carbonyl (C=O) groups is 1. The summed E-state index contributed by atoms with van der Waals surface area (Å²) in [5.41, 5.74) is 1.46. The highest BCUT2D eigenvalue weighted by atomic mass is 16.3. The fraction of sp³-hybridized carbons (Fsp3) is 0.333. The Labute approximate surface area is 118 Å². The first-order valence-corrected chi connectivity index (χ1v) is 6.70. The second kappa shape index (κ2) is 6.86. The highest BCUT2D eigenvalue weighted by Crippen LogP contribution is 2.10. The van der Waals surface area contributed by atoms with Crippen LogP contribution in [0.15, 0.2) is 42.7 Å². The Hall–Kier alpha value is -2.14. The summed E-state index contributed by atoms with van der Waals surface area (Å²) in [5, 5.41) is 15.9.